The van der Waals surface area contributed by atoms with Crippen molar-refractivity contribution in [2.75, 3.05) is 7.11 Å². The molecule has 0 aliphatic rings. The van der Waals surface area contributed by atoms with Crippen molar-refractivity contribution in [2.45, 2.75) is 0 Å². The molecule has 20 heavy (non-hydrogen) atoms. The molecule has 0 aromatic heterocycles. The number of hydrogen-bond acceptors (Lipinski definition) is 3. The molecule has 0 aliphatic heterocycles. The summed E-state index contributed by atoms with van der Waals surface area (Å²) in [5.41, 5.74) is 2.16. The fourth-order valence-corrected chi connectivity index (χ4v) is 2.28. The average Bonchev–Trinajstić information content (AvgIpc) is 2.47. The summed E-state index contributed by atoms with van der Waals surface area (Å²) in [5, 5.41) is 3.81. The van der Waals surface area contributed by atoms with Crippen molar-refractivity contribution in [3.63, 3.8) is 0 Å². The molecule has 0 bridgehead atoms. The van der Waals surface area contributed by atoms with Crippen LogP contribution in [0.5, 0.6) is 5.75 Å². The zero-order chi connectivity index (χ0) is 13.9. The van der Waals surface area contributed by atoms with Crippen LogP contribution in [-0.2, 0) is 4.84 Å². The molecule has 4 heteroatoms. The minimum atomic E-state index is -0.644. The Morgan fingerprint density at radius 3 is 2.05 bits per heavy atom. The Kier molecular flexibility index (Phi) is 3.23. The summed E-state index contributed by atoms with van der Waals surface area (Å²) in [5.74, 6) is 0.535. The van der Waals surface area contributed by atoms with Gasteiger partial charge >= 0.3 is 6.09 Å². The van der Waals surface area contributed by atoms with Crippen molar-refractivity contribution in [3.8, 4) is 5.75 Å². The molecule has 1 N–H and O–H groups in total. The van der Waals surface area contributed by atoms with Crippen molar-refractivity contribution >= 4 is 27.6 Å². The lowest BCUT2D eigenvalue weighted by Crippen LogP contribution is -2.25. The molecule has 3 rings (SSSR count). The van der Waals surface area contributed by atoms with E-state index in [1.807, 2.05) is 48.5 Å². The summed E-state index contributed by atoms with van der Waals surface area (Å²) in [6, 6.07) is 17.6. The summed E-state index contributed by atoms with van der Waals surface area (Å²) in [4.78, 5) is 16.2. The van der Waals surface area contributed by atoms with Crippen LogP contribution in [0.25, 0.3) is 21.5 Å². The van der Waals surface area contributed by atoms with Crippen molar-refractivity contribution < 1.29 is 14.4 Å². The van der Waals surface area contributed by atoms with Gasteiger partial charge in [0.2, 0.25) is 0 Å². The third kappa shape index (κ3) is 2.17. The van der Waals surface area contributed by atoms with Gasteiger partial charge in [0.15, 0.2) is 0 Å². The predicted molar refractivity (Wildman–Crippen MR) is 77.6 cm³/mol. The van der Waals surface area contributed by atoms with Crippen molar-refractivity contribution in [3.05, 3.63) is 54.6 Å². The molecule has 0 fully saturated rings. The molecule has 0 spiro atoms. The number of rotatable bonds is 2. The van der Waals surface area contributed by atoms with E-state index in [-0.39, 0.29) is 0 Å². The monoisotopic (exact) mass is 267 g/mol. The maximum absolute atomic E-state index is 11.6. The Morgan fingerprint density at radius 2 is 1.50 bits per heavy atom. The van der Waals surface area contributed by atoms with E-state index < -0.39 is 6.09 Å². The molecule has 0 aliphatic carbocycles. The highest BCUT2D eigenvalue weighted by Crippen LogP contribution is 2.34. The molecule has 4 nitrogen and oxygen atoms in total. The van der Waals surface area contributed by atoms with E-state index in [2.05, 4.69) is 16.4 Å². The van der Waals surface area contributed by atoms with Gasteiger partial charge < -0.3 is 4.74 Å². The molecular weight excluding hydrogens is 254 g/mol. The summed E-state index contributed by atoms with van der Waals surface area (Å²) < 4.78 is 5.41. The van der Waals surface area contributed by atoms with E-state index in [1.165, 1.54) is 7.11 Å². The fourth-order valence-electron chi connectivity index (χ4n) is 2.28. The van der Waals surface area contributed by atoms with E-state index in [9.17, 15) is 4.79 Å². The van der Waals surface area contributed by atoms with Crippen molar-refractivity contribution in [1.29, 1.82) is 0 Å². The van der Waals surface area contributed by atoms with E-state index in [4.69, 9.17) is 4.74 Å². The van der Waals surface area contributed by atoms with Gasteiger partial charge in [-0.15, -0.1) is 0 Å². The normalized spacial score (nSPS) is 10.7. The minimum Gasteiger partial charge on any atom is -0.408 e. The second-order valence-corrected chi connectivity index (χ2v) is 4.34. The first-order valence-corrected chi connectivity index (χ1v) is 6.21. The second-order valence-electron chi connectivity index (χ2n) is 4.34. The SMILES string of the molecule is CONC(=O)Oc1c2ccccc2cc2ccccc12. The van der Waals surface area contributed by atoms with Crippen molar-refractivity contribution in [2.24, 2.45) is 0 Å². The van der Waals surface area contributed by atoms with Gasteiger partial charge in [0.05, 0.1) is 7.11 Å². The van der Waals surface area contributed by atoms with E-state index in [0.717, 1.165) is 21.5 Å². The van der Waals surface area contributed by atoms with Crippen molar-refractivity contribution in [1.82, 2.24) is 5.48 Å². The third-order valence-corrected chi connectivity index (χ3v) is 3.10. The summed E-state index contributed by atoms with van der Waals surface area (Å²) >= 11 is 0. The first-order valence-electron chi connectivity index (χ1n) is 6.21. The number of nitrogens with one attached hydrogen (secondary N) is 1. The number of hydrogen-bond donors (Lipinski definition) is 1. The Hall–Kier alpha value is -2.59. The van der Waals surface area contributed by atoms with Crippen LogP contribution in [0.3, 0.4) is 0 Å². The van der Waals surface area contributed by atoms with Gasteiger partial charge in [-0.05, 0) is 16.8 Å². The first-order chi connectivity index (χ1) is 9.79. The van der Waals surface area contributed by atoms with Gasteiger partial charge in [-0.2, -0.15) is 5.48 Å². The zero-order valence-corrected chi connectivity index (χ0v) is 10.9. The summed E-state index contributed by atoms with van der Waals surface area (Å²) in [7, 11) is 1.36. The quantitative estimate of drug-likeness (QED) is 0.569. The Labute approximate surface area is 115 Å². The van der Waals surface area contributed by atoms with Crippen LogP contribution in [0.2, 0.25) is 0 Å². The van der Waals surface area contributed by atoms with E-state index >= 15 is 0 Å². The number of benzene rings is 3. The van der Waals surface area contributed by atoms with Gasteiger partial charge in [-0.25, -0.2) is 4.79 Å². The molecule has 0 unspecified atom stereocenters. The van der Waals surface area contributed by atoms with Crippen LogP contribution in [0.1, 0.15) is 0 Å². The number of fused-ring (bicyclic) bond motifs is 2. The van der Waals surface area contributed by atoms with Gasteiger partial charge in [0.25, 0.3) is 0 Å². The molecule has 0 atom stereocenters. The maximum atomic E-state index is 11.6. The first kappa shape index (κ1) is 12.4. The highest BCUT2D eigenvalue weighted by molar-refractivity contribution is 6.06. The topological polar surface area (TPSA) is 47.6 Å². The molecule has 0 saturated heterocycles. The average molecular weight is 267 g/mol. The number of hydroxylamine groups is 1. The number of carbonyl (C=O) groups excluding carboxylic acids is 1. The molecule has 3 aromatic carbocycles. The van der Waals surface area contributed by atoms with Crippen LogP contribution in [0.4, 0.5) is 4.79 Å². The highest BCUT2D eigenvalue weighted by Gasteiger charge is 2.12. The molecule has 0 radical (unpaired) electrons. The lowest BCUT2D eigenvalue weighted by Gasteiger charge is -2.11. The van der Waals surface area contributed by atoms with Gasteiger partial charge in [-0.1, -0.05) is 48.5 Å². The molecule has 3 aromatic rings. The lowest BCUT2D eigenvalue weighted by atomic mass is 10.0. The second kappa shape index (κ2) is 5.19. The molecular formula is C16H13NO3. The maximum Gasteiger partial charge on any atom is 0.436 e. The Morgan fingerprint density at radius 1 is 0.950 bits per heavy atom. The van der Waals surface area contributed by atoms with Gasteiger partial charge in [0.1, 0.15) is 5.75 Å². The Balaban J connectivity index is 2.25. The molecule has 0 saturated carbocycles. The fraction of sp³-hybridized carbons (Fsp3) is 0.0625. The lowest BCUT2D eigenvalue weighted by molar-refractivity contribution is 0.0851. The van der Waals surface area contributed by atoms with Crippen LogP contribution < -0.4 is 10.2 Å². The molecule has 100 valence electrons. The van der Waals surface area contributed by atoms with Crippen LogP contribution in [0.15, 0.2) is 54.6 Å². The highest BCUT2D eigenvalue weighted by atomic mass is 16.7. The minimum absolute atomic E-state index is 0.535. The van der Waals surface area contributed by atoms with Gasteiger partial charge in [-0.3, -0.25) is 4.84 Å². The molecule has 1 amide bonds. The molecule has 0 heterocycles. The van der Waals surface area contributed by atoms with E-state index in [0.29, 0.717) is 5.75 Å². The standard InChI is InChI=1S/C16H13NO3/c1-19-17-16(18)20-15-13-8-4-2-6-11(13)10-12-7-3-5-9-14(12)15/h2-10H,1H3,(H,17,18). The van der Waals surface area contributed by atoms with Gasteiger partial charge in [0, 0.05) is 10.8 Å². The number of carbonyl (C=O) groups is 1. The van der Waals surface area contributed by atoms with Crippen LogP contribution in [-0.4, -0.2) is 13.2 Å². The smallest absolute Gasteiger partial charge is 0.408 e. The number of ether oxygens (including phenoxy) is 1. The summed E-state index contributed by atoms with van der Waals surface area (Å²) in [6.45, 7) is 0. The zero-order valence-electron chi connectivity index (χ0n) is 10.9. The van der Waals surface area contributed by atoms with Crippen LogP contribution in [0, 0.1) is 0 Å². The van der Waals surface area contributed by atoms with Crippen LogP contribution >= 0.6 is 0 Å². The third-order valence-electron chi connectivity index (χ3n) is 3.10. The Bertz CT molecular complexity index is 729. The van der Waals surface area contributed by atoms with E-state index in [1.54, 1.807) is 0 Å². The number of amides is 1. The summed E-state index contributed by atoms with van der Waals surface area (Å²) in [6.07, 6.45) is -0.644. The largest absolute Gasteiger partial charge is 0.436 e. The predicted octanol–water partition coefficient (Wildman–Crippen LogP) is 3.64.